The van der Waals surface area contributed by atoms with Crippen LogP contribution in [0.25, 0.3) is 82.4 Å². The number of anilines is 3. The lowest BCUT2D eigenvalue weighted by molar-refractivity contribution is 0.900. The lowest BCUT2D eigenvalue weighted by Crippen LogP contribution is -2.19. The van der Waals surface area contributed by atoms with E-state index in [0.717, 1.165) is 46.0 Å². The van der Waals surface area contributed by atoms with Crippen LogP contribution in [-0.2, 0) is 6.42 Å². The highest BCUT2D eigenvalue weighted by Gasteiger charge is 2.29. The van der Waals surface area contributed by atoms with Crippen molar-refractivity contribution in [2.75, 3.05) is 4.90 Å². The maximum Gasteiger partial charge on any atom is 0.114 e. The maximum atomic E-state index is 5.15. The number of nitrogens with zero attached hydrogens (tertiary/aromatic N) is 3. The van der Waals surface area contributed by atoms with Crippen LogP contribution in [0.5, 0.6) is 0 Å². The molecule has 3 heteroatoms. The number of benzene rings is 9. The Kier molecular flexibility index (Phi) is 6.83. The van der Waals surface area contributed by atoms with Gasteiger partial charge in [-0.05, 0) is 108 Å². The number of fused-ring (bicyclic) bond motifs is 5. The van der Waals surface area contributed by atoms with Crippen LogP contribution in [0.3, 0.4) is 0 Å². The third-order valence-corrected chi connectivity index (χ3v) is 11.2. The Morgan fingerprint density at radius 2 is 1.09 bits per heavy atom. The number of hydrogen-bond donors (Lipinski definition) is 0. The number of para-hydroxylation sites is 2. The summed E-state index contributed by atoms with van der Waals surface area (Å²) < 4.78 is 2.40. The number of aromatic nitrogens is 2. The van der Waals surface area contributed by atoms with Gasteiger partial charge in [-0.15, -0.1) is 0 Å². The highest BCUT2D eigenvalue weighted by atomic mass is 15.2. The van der Waals surface area contributed by atoms with Gasteiger partial charge in [0.25, 0.3) is 0 Å². The van der Waals surface area contributed by atoms with Crippen LogP contribution in [0.4, 0.5) is 17.1 Å². The van der Waals surface area contributed by atoms with Crippen molar-refractivity contribution in [1.82, 2.24) is 9.55 Å². The summed E-state index contributed by atoms with van der Waals surface area (Å²) in [6.45, 7) is 2.20. The van der Waals surface area contributed by atoms with Gasteiger partial charge >= 0.3 is 0 Å². The van der Waals surface area contributed by atoms with E-state index in [9.17, 15) is 0 Å². The Morgan fingerprint density at radius 1 is 0.444 bits per heavy atom. The zero-order chi connectivity index (χ0) is 35.8. The fourth-order valence-electron chi connectivity index (χ4n) is 8.90. The molecule has 0 atom stereocenters. The van der Waals surface area contributed by atoms with Crippen LogP contribution >= 0.6 is 0 Å². The second-order valence-electron chi connectivity index (χ2n) is 14.2. The van der Waals surface area contributed by atoms with Crippen LogP contribution in [0.2, 0.25) is 0 Å². The van der Waals surface area contributed by atoms with E-state index in [1.807, 2.05) is 0 Å². The third kappa shape index (κ3) is 4.52. The standard InChI is InChI=1S/C51H35N3/c1-2-48-52-44-25-14-26-46-51(44)54(48)47-32-36(28-30-45(47)53(46)37-19-7-4-8-20-37)35-27-29-42-43(31-35)50(39-24-13-18-33-15-9-10-21-38(33)39)41-23-12-11-22-40(41)49(42)34-16-5-3-6-17-34/h3-32H,2H2,1H3. The normalized spacial score (nSPS) is 12.2. The SMILES string of the molecule is CCc1nc2cccc3c2n1-c1cc(-c2ccc4c(-c5ccccc5)c5ccccc5c(-c5cccc6ccccc56)c4c2)ccc1N3c1ccccc1. The van der Waals surface area contributed by atoms with Crippen LogP contribution in [0, 0.1) is 0 Å². The predicted molar refractivity (Wildman–Crippen MR) is 228 cm³/mol. The van der Waals surface area contributed by atoms with Crippen molar-refractivity contribution in [2.24, 2.45) is 0 Å². The molecule has 0 bridgehead atoms. The van der Waals surface area contributed by atoms with E-state index in [0.29, 0.717) is 0 Å². The summed E-state index contributed by atoms with van der Waals surface area (Å²) in [6.07, 6.45) is 0.836. The quantitative estimate of drug-likeness (QED) is 0.168. The highest BCUT2D eigenvalue weighted by Crippen LogP contribution is 2.50. The van der Waals surface area contributed by atoms with Crippen molar-refractivity contribution < 1.29 is 0 Å². The van der Waals surface area contributed by atoms with Crippen molar-refractivity contribution in [3.63, 3.8) is 0 Å². The van der Waals surface area contributed by atoms with Crippen LogP contribution in [0.15, 0.2) is 182 Å². The number of imidazole rings is 1. The first-order chi connectivity index (χ1) is 26.8. The Hall–Kier alpha value is -6.97. The Labute approximate surface area is 314 Å². The monoisotopic (exact) mass is 689 g/mol. The van der Waals surface area contributed by atoms with Gasteiger partial charge in [-0.1, -0.05) is 146 Å². The molecule has 10 aromatic rings. The molecule has 254 valence electrons. The topological polar surface area (TPSA) is 21.1 Å². The van der Waals surface area contributed by atoms with E-state index in [2.05, 4.69) is 198 Å². The summed E-state index contributed by atoms with van der Waals surface area (Å²) in [4.78, 5) is 7.54. The first-order valence-electron chi connectivity index (χ1n) is 18.8. The van der Waals surface area contributed by atoms with Gasteiger partial charge in [0.2, 0.25) is 0 Å². The fraction of sp³-hybridized carbons (Fsp3) is 0.0392. The second kappa shape index (κ2) is 12.0. The molecule has 0 unspecified atom stereocenters. The van der Waals surface area contributed by atoms with E-state index >= 15 is 0 Å². The fourth-order valence-corrected chi connectivity index (χ4v) is 8.90. The van der Waals surface area contributed by atoms with E-state index in [4.69, 9.17) is 4.98 Å². The van der Waals surface area contributed by atoms with Crippen molar-refractivity contribution in [2.45, 2.75) is 13.3 Å². The number of hydrogen-bond acceptors (Lipinski definition) is 2. The van der Waals surface area contributed by atoms with Crippen molar-refractivity contribution in [3.05, 3.63) is 188 Å². The second-order valence-corrected chi connectivity index (χ2v) is 14.2. The smallest absolute Gasteiger partial charge is 0.114 e. The molecule has 1 aliphatic heterocycles. The molecule has 1 aromatic heterocycles. The summed E-state index contributed by atoms with van der Waals surface area (Å²) in [6, 6.07) is 66.5. The predicted octanol–water partition coefficient (Wildman–Crippen LogP) is 13.8. The molecule has 0 radical (unpaired) electrons. The van der Waals surface area contributed by atoms with Crippen LogP contribution in [0.1, 0.15) is 12.7 Å². The van der Waals surface area contributed by atoms with Gasteiger partial charge in [-0.2, -0.15) is 0 Å². The Balaban J connectivity index is 1.21. The van der Waals surface area contributed by atoms with Crippen LogP contribution in [-0.4, -0.2) is 9.55 Å². The van der Waals surface area contributed by atoms with Gasteiger partial charge in [0.15, 0.2) is 0 Å². The summed E-state index contributed by atoms with van der Waals surface area (Å²) >= 11 is 0. The van der Waals surface area contributed by atoms with Gasteiger partial charge in [0.1, 0.15) is 5.82 Å². The first-order valence-corrected chi connectivity index (χ1v) is 18.8. The highest BCUT2D eigenvalue weighted by molar-refractivity contribution is 6.24. The zero-order valence-electron chi connectivity index (χ0n) is 29.9. The lowest BCUT2D eigenvalue weighted by Gasteiger charge is -2.33. The minimum atomic E-state index is 0.836. The summed E-state index contributed by atoms with van der Waals surface area (Å²) in [5, 5.41) is 7.51. The van der Waals surface area contributed by atoms with Gasteiger partial charge in [0.05, 0.1) is 28.1 Å². The molecule has 11 rings (SSSR count). The third-order valence-electron chi connectivity index (χ3n) is 11.2. The molecular weight excluding hydrogens is 655 g/mol. The average molecular weight is 690 g/mol. The largest absolute Gasteiger partial charge is 0.306 e. The molecule has 0 N–H and O–H groups in total. The van der Waals surface area contributed by atoms with E-state index in [1.54, 1.807) is 0 Å². The van der Waals surface area contributed by atoms with E-state index < -0.39 is 0 Å². The van der Waals surface area contributed by atoms with Crippen molar-refractivity contribution in [3.8, 4) is 39.1 Å². The lowest BCUT2D eigenvalue weighted by atomic mass is 9.83. The van der Waals surface area contributed by atoms with Gasteiger partial charge < -0.3 is 4.90 Å². The van der Waals surface area contributed by atoms with Gasteiger partial charge in [-0.3, -0.25) is 4.57 Å². The number of rotatable bonds is 5. The molecule has 0 saturated carbocycles. The molecule has 0 aliphatic carbocycles. The van der Waals surface area contributed by atoms with Gasteiger partial charge in [-0.25, -0.2) is 4.98 Å². The summed E-state index contributed by atoms with van der Waals surface area (Å²) in [5.41, 5.74) is 14.1. The molecule has 0 spiro atoms. The molecule has 54 heavy (non-hydrogen) atoms. The van der Waals surface area contributed by atoms with Crippen molar-refractivity contribution in [1.29, 1.82) is 0 Å². The minimum absolute atomic E-state index is 0.836. The summed E-state index contributed by atoms with van der Waals surface area (Å²) in [7, 11) is 0. The molecule has 1 aliphatic rings. The number of aryl methyl sites for hydroxylation is 1. The molecule has 0 fully saturated rings. The van der Waals surface area contributed by atoms with Crippen molar-refractivity contribution >= 4 is 60.4 Å². The maximum absolute atomic E-state index is 5.15. The Bertz CT molecular complexity index is 3080. The van der Waals surface area contributed by atoms with Gasteiger partial charge in [0, 0.05) is 12.1 Å². The van der Waals surface area contributed by atoms with E-state index in [-0.39, 0.29) is 0 Å². The first kappa shape index (κ1) is 30.6. The molecule has 3 nitrogen and oxygen atoms in total. The van der Waals surface area contributed by atoms with Crippen LogP contribution < -0.4 is 4.90 Å². The van der Waals surface area contributed by atoms with E-state index in [1.165, 1.54) is 65.7 Å². The molecule has 0 amide bonds. The Morgan fingerprint density at radius 3 is 1.91 bits per heavy atom. The molecular formula is C51H35N3. The minimum Gasteiger partial charge on any atom is -0.306 e. The average Bonchev–Trinajstić information content (AvgIpc) is 3.63. The molecule has 0 saturated heterocycles. The molecule has 9 aromatic carbocycles. The molecule has 2 heterocycles. The zero-order valence-corrected chi connectivity index (χ0v) is 29.9. The summed E-state index contributed by atoms with van der Waals surface area (Å²) in [5.74, 6) is 1.07.